The lowest BCUT2D eigenvalue weighted by Crippen LogP contribution is -2.28. The van der Waals surface area contributed by atoms with E-state index in [1.54, 1.807) is 13.3 Å². The first-order valence-corrected chi connectivity index (χ1v) is 6.23. The van der Waals surface area contributed by atoms with Crippen molar-refractivity contribution in [1.29, 1.82) is 0 Å². The van der Waals surface area contributed by atoms with Crippen molar-refractivity contribution < 1.29 is 4.74 Å². The summed E-state index contributed by atoms with van der Waals surface area (Å²) in [7, 11) is 1.75. The molecule has 1 aromatic heterocycles. The molecule has 0 saturated carbocycles. The van der Waals surface area contributed by atoms with Crippen LogP contribution in [0.5, 0.6) is 0 Å². The summed E-state index contributed by atoms with van der Waals surface area (Å²) in [6, 6.07) is 0.253. The Balaban J connectivity index is 2.53. The van der Waals surface area contributed by atoms with Crippen molar-refractivity contribution in [3.8, 4) is 0 Å². The predicted molar refractivity (Wildman–Crippen MR) is 67.7 cm³/mol. The molecule has 1 unspecified atom stereocenters. The molecule has 0 spiro atoms. The van der Waals surface area contributed by atoms with Crippen molar-refractivity contribution in [2.75, 3.05) is 13.7 Å². The Labute approximate surface area is 103 Å². The van der Waals surface area contributed by atoms with E-state index in [4.69, 9.17) is 4.74 Å². The van der Waals surface area contributed by atoms with Crippen LogP contribution < -0.4 is 5.32 Å². The first-order chi connectivity index (χ1) is 8.09. The quantitative estimate of drug-likeness (QED) is 0.730. The van der Waals surface area contributed by atoms with Gasteiger partial charge in [-0.3, -0.25) is 0 Å². The molecule has 0 amide bonds. The van der Waals surface area contributed by atoms with Gasteiger partial charge in [0.1, 0.15) is 0 Å². The fourth-order valence-electron chi connectivity index (χ4n) is 1.65. The molecule has 1 atom stereocenters. The maximum Gasteiger partial charge on any atom is 0.0993 e. The highest BCUT2D eigenvalue weighted by Crippen LogP contribution is 2.22. The monoisotopic (exact) mass is 240 g/mol. The van der Waals surface area contributed by atoms with E-state index in [0.717, 1.165) is 31.5 Å². The first-order valence-electron chi connectivity index (χ1n) is 6.23. The first kappa shape index (κ1) is 14.1. The van der Waals surface area contributed by atoms with Crippen LogP contribution in [0.15, 0.2) is 6.20 Å². The molecule has 0 aromatic carbocycles. The molecule has 1 aromatic rings. The molecule has 0 bridgehead atoms. The third kappa shape index (κ3) is 4.83. The molecule has 0 fully saturated rings. The van der Waals surface area contributed by atoms with Crippen molar-refractivity contribution in [2.24, 2.45) is 0 Å². The number of aromatic nitrogens is 3. The Morgan fingerprint density at radius 1 is 1.53 bits per heavy atom. The number of nitrogens with one attached hydrogen (secondary N) is 2. The van der Waals surface area contributed by atoms with E-state index >= 15 is 0 Å². The highest BCUT2D eigenvalue weighted by molar-refractivity contribution is 4.99. The van der Waals surface area contributed by atoms with Gasteiger partial charge in [-0.2, -0.15) is 15.4 Å². The largest absolute Gasteiger partial charge is 0.379 e. The van der Waals surface area contributed by atoms with Gasteiger partial charge in [-0.15, -0.1) is 0 Å². The maximum absolute atomic E-state index is 5.44. The Kier molecular flexibility index (Phi) is 5.58. The Bertz CT molecular complexity index is 297. The van der Waals surface area contributed by atoms with Crippen LogP contribution >= 0.6 is 0 Å². The zero-order valence-electron chi connectivity index (χ0n) is 11.3. The predicted octanol–water partition coefficient (Wildman–Crippen LogP) is 2.05. The van der Waals surface area contributed by atoms with Gasteiger partial charge < -0.3 is 10.1 Å². The molecule has 5 heteroatoms. The lowest BCUT2D eigenvalue weighted by molar-refractivity contribution is 0.0116. The number of rotatable bonds is 8. The average Bonchev–Trinajstić information content (AvgIpc) is 2.83. The van der Waals surface area contributed by atoms with Crippen LogP contribution in [0.4, 0.5) is 0 Å². The van der Waals surface area contributed by atoms with Gasteiger partial charge >= 0.3 is 0 Å². The van der Waals surface area contributed by atoms with Gasteiger partial charge in [-0.1, -0.05) is 6.92 Å². The molecule has 0 radical (unpaired) electrons. The van der Waals surface area contributed by atoms with Crippen molar-refractivity contribution >= 4 is 0 Å². The van der Waals surface area contributed by atoms with Gasteiger partial charge in [0.05, 0.1) is 23.5 Å². The summed E-state index contributed by atoms with van der Waals surface area (Å²) >= 11 is 0. The Morgan fingerprint density at radius 2 is 2.29 bits per heavy atom. The summed E-state index contributed by atoms with van der Waals surface area (Å²) in [5.74, 6) is 0. The zero-order chi connectivity index (χ0) is 12.7. The Hall–Kier alpha value is -0.940. The summed E-state index contributed by atoms with van der Waals surface area (Å²) in [4.78, 5) is 0. The number of aromatic amines is 1. The molecule has 0 aliphatic carbocycles. The van der Waals surface area contributed by atoms with E-state index < -0.39 is 0 Å². The standard InChI is InChI=1S/C12H24N4O/c1-5-8-13-10(11-9-14-16-15-11)6-7-12(2,3)17-4/h9-10,13H,5-8H2,1-4H3,(H,14,15,16). The van der Waals surface area contributed by atoms with E-state index in [2.05, 4.69) is 41.5 Å². The SMILES string of the molecule is CCCNC(CCC(C)(C)OC)c1cn[nH]n1. The van der Waals surface area contributed by atoms with Gasteiger partial charge in [0, 0.05) is 7.11 Å². The second-order valence-corrected chi connectivity index (χ2v) is 4.90. The highest BCUT2D eigenvalue weighted by Gasteiger charge is 2.21. The van der Waals surface area contributed by atoms with E-state index in [9.17, 15) is 0 Å². The molecular weight excluding hydrogens is 216 g/mol. The number of hydrogen-bond donors (Lipinski definition) is 2. The second kappa shape index (κ2) is 6.71. The maximum atomic E-state index is 5.44. The summed E-state index contributed by atoms with van der Waals surface area (Å²) < 4.78 is 5.44. The Morgan fingerprint density at radius 3 is 2.82 bits per heavy atom. The molecule has 1 heterocycles. The normalized spacial score (nSPS) is 13.9. The summed E-state index contributed by atoms with van der Waals surface area (Å²) in [5, 5.41) is 14.2. The van der Waals surface area contributed by atoms with Crippen molar-refractivity contribution in [3.63, 3.8) is 0 Å². The van der Waals surface area contributed by atoms with E-state index in [-0.39, 0.29) is 11.6 Å². The molecule has 0 aliphatic rings. The fraction of sp³-hybridized carbons (Fsp3) is 0.833. The molecule has 5 nitrogen and oxygen atoms in total. The zero-order valence-corrected chi connectivity index (χ0v) is 11.3. The van der Waals surface area contributed by atoms with Gasteiger partial charge in [-0.05, 0) is 39.7 Å². The van der Waals surface area contributed by atoms with Crippen LogP contribution in [0, 0.1) is 0 Å². The lowest BCUT2D eigenvalue weighted by atomic mass is 9.97. The minimum absolute atomic E-state index is 0.0874. The summed E-state index contributed by atoms with van der Waals surface area (Å²) in [5.41, 5.74) is 0.890. The molecule has 98 valence electrons. The number of methoxy groups -OCH3 is 1. The number of hydrogen-bond acceptors (Lipinski definition) is 4. The molecule has 2 N–H and O–H groups in total. The average molecular weight is 240 g/mol. The van der Waals surface area contributed by atoms with Crippen LogP contribution in [0.25, 0.3) is 0 Å². The third-order valence-electron chi connectivity index (χ3n) is 3.02. The number of H-pyrrole nitrogens is 1. The van der Waals surface area contributed by atoms with Gasteiger partial charge in [-0.25, -0.2) is 0 Å². The molecule has 0 saturated heterocycles. The smallest absolute Gasteiger partial charge is 0.0993 e. The van der Waals surface area contributed by atoms with Crippen LogP contribution in [0.3, 0.4) is 0 Å². The van der Waals surface area contributed by atoms with Gasteiger partial charge in [0.25, 0.3) is 0 Å². The molecular formula is C12H24N4O. The molecule has 0 aliphatic heterocycles. The van der Waals surface area contributed by atoms with E-state index in [0.29, 0.717) is 0 Å². The van der Waals surface area contributed by atoms with Crippen molar-refractivity contribution in [2.45, 2.75) is 51.7 Å². The van der Waals surface area contributed by atoms with Crippen LogP contribution in [-0.2, 0) is 4.74 Å². The minimum Gasteiger partial charge on any atom is -0.379 e. The van der Waals surface area contributed by atoms with E-state index in [1.165, 1.54) is 0 Å². The fourth-order valence-corrected chi connectivity index (χ4v) is 1.65. The second-order valence-electron chi connectivity index (χ2n) is 4.90. The highest BCUT2D eigenvalue weighted by atomic mass is 16.5. The summed E-state index contributed by atoms with van der Waals surface area (Å²) in [6.45, 7) is 7.36. The van der Waals surface area contributed by atoms with Crippen LogP contribution in [0.1, 0.15) is 51.8 Å². The number of ether oxygens (including phenoxy) is 1. The van der Waals surface area contributed by atoms with Crippen LogP contribution in [0.2, 0.25) is 0 Å². The topological polar surface area (TPSA) is 62.8 Å². The van der Waals surface area contributed by atoms with Crippen molar-refractivity contribution in [3.05, 3.63) is 11.9 Å². The van der Waals surface area contributed by atoms with E-state index in [1.807, 2.05) is 0 Å². The summed E-state index contributed by atoms with van der Waals surface area (Å²) in [6.07, 6.45) is 4.88. The lowest BCUT2D eigenvalue weighted by Gasteiger charge is -2.25. The number of nitrogens with zero attached hydrogens (tertiary/aromatic N) is 2. The molecule has 1 rings (SSSR count). The van der Waals surface area contributed by atoms with Gasteiger partial charge in [0.2, 0.25) is 0 Å². The minimum atomic E-state index is -0.0874. The molecule has 17 heavy (non-hydrogen) atoms. The van der Waals surface area contributed by atoms with Crippen molar-refractivity contribution in [1.82, 2.24) is 20.7 Å². The third-order valence-corrected chi connectivity index (χ3v) is 3.02. The van der Waals surface area contributed by atoms with Gasteiger partial charge in [0.15, 0.2) is 0 Å². The van der Waals surface area contributed by atoms with Crippen LogP contribution in [-0.4, -0.2) is 34.7 Å².